The number of likely N-dealkylation sites (N-methyl/N-ethyl adjacent to an activating group) is 1. The number of hydrogen-bond acceptors (Lipinski definition) is 4. The Morgan fingerprint density at radius 3 is 1.32 bits per heavy atom. The molecule has 0 amide bonds. The van der Waals surface area contributed by atoms with Crippen LogP contribution >= 0.6 is 0 Å². The van der Waals surface area contributed by atoms with Crippen molar-refractivity contribution in [2.45, 2.75) is 53.9 Å². The molecule has 0 aliphatic carbocycles. The maximum Gasteiger partial charge on any atom is 0.460 e. The number of carbonyl (C=O) groups is 1. The Balaban J connectivity index is 6.84. The Morgan fingerprint density at radius 2 is 1.00 bits per heavy atom. The van der Waals surface area contributed by atoms with Gasteiger partial charge in [-0.25, -0.2) is 13.2 Å². The normalized spacial score (nSPS) is 15.6. The second-order valence-corrected chi connectivity index (χ2v) is 9.13. The van der Waals surface area contributed by atoms with E-state index in [1.165, 1.54) is 0 Å². The van der Waals surface area contributed by atoms with Crippen LogP contribution in [-0.4, -0.2) is 85.9 Å². The van der Waals surface area contributed by atoms with Gasteiger partial charge in [0.2, 0.25) is 0 Å². The summed E-state index contributed by atoms with van der Waals surface area (Å²) in [5.74, 6) is -53.7. The maximum atomic E-state index is 14.1. The number of ether oxygens (including phenoxy) is 1. The Labute approximate surface area is 200 Å². The SMILES string of the molecule is C=C(CN(C)S(=O)(=O)C(F)(F)C(F)(F)C(F)(F)C(F)(F)C(F)(F)C(F)(F)C(F)(F)C(F)(F)F)C(=O)OCC. The quantitative estimate of drug-likeness (QED) is 0.167. The lowest BCUT2D eigenvalue weighted by molar-refractivity contribution is -0.458. The molecule has 0 saturated heterocycles. The predicted molar refractivity (Wildman–Crippen MR) is 88.0 cm³/mol. The third-order valence-electron chi connectivity index (χ3n) is 4.41. The minimum absolute atomic E-state index is 0.216. The lowest BCUT2D eigenvalue weighted by Crippen LogP contribution is -2.75. The summed E-state index contributed by atoms with van der Waals surface area (Å²) in [6.07, 6.45) is -7.91. The molecular weight excluding hydrogens is 613 g/mol. The average molecular weight is 625 g/mol. The van der Waals surface area contributed by atoms with Crippen LogP contribution in [0.15, 0.2) is 12.2 Å². The molecule has 0 bridgehead atoms. The molecule has 0 saturated carbocycles. The summed E-state index contributed by atoms with van der Waals surface area (Å²) >= 11 is 0. The summed E-state index contributed by atoms with van der Waals surface area (Å²) in [6, 6.07) is 0. The van der Waals surface area contributed by atoms with Crippen LogP contribution in [0.3, 0.4) is 0 Å². The molecule has 0 radical (unpaired) electrons. The molecule has 0 spiro atoms. The number of rotatable bonds is 12. The molecule has 226 valence electrons. The summed E-state index contributed by atoms with van der Waals surface area (Å²) in [4.78, 5) is 11.3. The Kier molecular flexibility index (Phi) is 9.30. The maximum absolute atomic E-state index is 14.1. The second kappa shape index (κ2) is 9.84. The van der Waals surface area contributed by atoms with Crippen LogP contribution in [0.2, 0.25) is 0 Å². The zero-order chi connectivity index (χ0) is 31.4. The molecule has 0 N–H and O–H groups in total. The van der Waals surface area contributed by atoms with E-state index in [0.29, 0.717) is 0 Å². The van der Waals surface area contributed by atoms with Gasteiger partial charge < -0.3 is 4.74 Å². The van der Waals surface area contributed by atoms with Crippen molar-refractivity contribution < 1.29 is 92.6 Å². The van der Waals surface area contributed by atoms with Crippen molar-refractivity contribution in [3.63, 3.8) is 0 Å². The largest absolute Gasteiger partial charge is 0.463 e. The number of hydrogen-bond donors (Lipinski definition) is 0. The van der Waals surface area contributed by atoms with E-state index in [1.807, 2.05) is 0 Å². The highest BCUT2D eigenvalue weighted by molar-refractivity contribution is 7.90. The number of sulfonamides is 1. The van der Waals surface area contributed by atoms with Crippen LogP contribution in [0.25, 0.3) is 0 Å². The van der Waals surface area contributed by atoms with Gasteiger partial charge in [0, 0.05) is 19.2 Å². The van der Waals surface area contributed by atoms with Gasteiger partial charge in [0.25, 0.3) is 10.0 Å². The lowest BCUT2D eigenvalue weighted by atomic mass is 9.91. The monoisotopic (exact) mass is 625 g/mol. The van der Waals surface area contributed by atoms with E-state index in [9.17, 15) is 87.8 Å². The molecule has 0 atom stereocenters. The lowest BCUT2D eigenvalue weighted by Gasteiger charge is -2.42. The van der Waals surface area contributed by atoms with Crippen molar-refractivity contribution >= 4 is 16.0 Å². The minimum Gasteiger partial charge on any atom is -0.463 e. The van der Waals surface area contributed by atoms with Gasteiger partial charge in [0.15, 0.2) is 0 Å². The molecule has 5 nitrogen and oxygen atoms in total. The van der Waals surface area contributed by atoms with Gasteiger partial charge in [-0.2, -0.15) is 78.9 Å². The van der Waals surface area contributed by atoms with E-state index in [4.69, 9.17) is 0 Å². The first-order valence-electron chi connectivity index (χ1n) is 8.81. The number of esters is 1. The molecular formula is C15H12F17NO4S. The van der Waals surface area contributed by atoms with E-state index in [-0.39, 0.29) is 7.05 Å². The Hall–Kier alpha value is -2.07. The topological polar surface area (TPSA) is 63.7 Å². The van der Waals surface area contributed by atoms with Gasteiger partial charge in [-0.1, -0.05) is 6.58 Å². The fourth-order valence-corrected chi connectivity index (χ4v) is 3.33. The van der Waals surface area contributed by atoms with Gasteiger partial charge in [-0.05, 0) is 6.92 Å². The number of carbonyl (C=O) groups excluding carboxylic acids is 1. The van der Waals surface area contributed by atoms with Crippen molar-refractivity contribution in [1.29, 1.82) is 0 Å². The molecule has 23 heteroatoms. The van der Waals surface area contributed by atoms with E-state index in [1.54, 1.807) is 0 Å². The first kappa shape index (κ1) is 35.9. The molecule has 0 aromatic heterocycles. The Morgan fingerprint density at radius 1 is 0.684 bits per heavy atom. The van der Waals surface area contributed by atoms with Gasteiger partial charge in [0.1, 0.15) is 0 Å². The smallest absolute Gasteiger partial charge is 0.460 e. The van der Waals surface area contributed by atoms with Crippen LogP contribution < -0.4 is 0 Å². The van der Waals surface area contributed by atoms with Gasteiger partial charge in [-0.15, -0.1) is 0 Å². The molecule has 0 fully saturated rings. The molecule has 0 aromatic carbocycles. The number of nitrogens with zero attached hydrogens (tertiary/aromatic N) is 1. The highest BCUT2D eigenvalue weighted by atomic mass is 32.2. The van der Waals surface area contributed by atoms with Crippen LogP contribution in [0.4, 0.5) is 74.6 Å². The van der Waals surface area contributed by atoms with Gasteiger partial charge in [-0.3, -0.25) is 0 Å². The fraction of sp³-hybridized carbons (Fsp3) is 0.800. The summed E-state index contributed by atoms with van der Waals surface area (Å²) in [5, 5.41) is -7.71. The minimum atomic E-state index is -8.92. The predicted octanol–water partition coefficient (Wildman–Crippen LogP) is 5.33. The van der Waals surface area contributed by atoms with E-state index in [2.05, 4.69) is 11.3 Å². The molecule has 0 aliphatic rings. The number of alkyl halides is 17. The molecule has 0 aromatic rings. The van der Waals surface area contributed by atoms with Crippen molar-refractivity contribution in [3.05, 3.63) is 12.2 Å². The molecule has 0 unspecified atom stereocenters. The highest BCUT2D eigenvalue weighted by Crippen LogP contribution is 2.64. The van der Waals surface area contributed by atoms with Crippen LogP contribution in [-0.2, 0) is 19.6 Å². The van der Waals surface area contributed by atoms with E-state index >= 15 is 0 Å². The van der Waals surface area contributed by atoms with Crippen molar-refractivity contribution in [1.82, 2.24) is 4.31 Å². The summed E-state index contributed by atoms with van der Waals surface area (Å²) in [7, 11) is -7.72. The Bertz CT molecular complexity index is 1020. The van der Waals surface area contributed by atoms with E-state index in [0.717, 1.165) is 6.92 Å². The second-order valence-electron chi connectivity index (χ2n) is 7.05. The first-order chi connectivity index (χ1) is 16.3. The molecule has 0 heterocycles. The highest BCUT2D eigenvalue weighted by Gasteiger charge is 2.96. The first-order valence-corrected chi connectivity index (χ1v) is 10.2. The third kappa shape index (κ3) is 4.87. The average Bonchev–Trinajstić information content (AvgIpc) is 2.71. The molecule has 0 rings (SSSR count). The number of halogens is 17. The summed E-state index contributed by atoms with van der Waals surface area (Å²) < 4.78 is 252. The zero-order valence-corrected chi connectivity index (χ0v) is 18.9. The fourth-order valence-electron chi connectivity index (χ4n) is 2.16. The van der Waals surface area contributed by atoms with Crippen molar-refractivity contribution in [2.24, 2.45) is 0 Å². The van der Waals surface area contributed by atoms with Crippen molar-refractivity contribution in [3.8, 4) is 0 Å². The van der Waals surface area contributed by atoms with Gasteiger partial charge in [0.05, 0.1) is 6.61 Å². The van der Waals surface area contributed by atoms with Crippen LogP contribution in [0.5, 0.6) is 0 Å². The zero-order valence-electron chi connectivity index (χ0n) is 18.0. The summed E-state index contributed by atoms with van der Waals surface area (Å²) in [6.45, 7) is 1.52. The van der Waals surface area contributed by atoms with Crippen molar-refractivity contribution in [2.75, 3.05) is 20.2 Å². The third-order valence-corrected chi connectivity index (χ3v) is 6.26. The van der Waals surface area contributed by atoms with Gasteiger partial charge >= 0.3 is 52.9 Å². The molecule has 38 heavy (non-hydrogen) atoms. The standard InChI is InChI=1S/C15H12F17NO4S/c1-4-37-7(34)6(2)5-33(3)38(35,36)15(31,32)13(26,27)11(22,23)9(18,19)8(16,17)10(20,21)12(24,25)14(28,29)30/h2,4-5H2,1,3H3. The molecule has 0 aliphatic heterocycles. The van der Waals surface area contributed by atoms with Crippen LogP contribution in [0, 0.1) is 0 Å². The summed E-state index contributed by atoms with van der Waals surface area (Å²) in [5.41, 5.74) is -1.20. The van der Waals surface area contributed by atoms with E-state index < -0.39 is 86.0 Å². The van der Waals surface area contributed by atoms with Crippen LogP contribution in [0.1, 0.15) is 6.92 Å².